The summed E-state index contributed by atoms with van der Waals surface area (Å²) >= 11 is 0. The van der Waals surface area contributed by atoms with Crippen molar-refractivity contribution in [2.45, 2.75) is 13.3 Å². The third-order valence-electron chi connectivity index (χ3n) is 5.17. The van der Waals surface area contributed by atoms with Crippen LogP contribution in [-0.2, 0) is 18.2 Å². The zero-order chi connectivity index (χ0) is 29.3. The van der Waals surface area contributed by atoms with Crippen LogP contribution < -0.4 is 4.90 Å². The number of hydrogen-bond donors (Lipinski definition) is 0. The van der Waals surface area contributed by atoms with Crippen molar-refractivity contribution in [3.8, 4) is 11.4 Å². The Morgan fingerprint density at radius 1 is 1.12 bits per heavy atom. The molecule has 0 aliphatic carbocycles. The average Bonchev–Trinajstić information content (AvgIpc) is 3.20. The van der Waals surface area contributed by atoms with Gasteiger partial charge in [0.15, 0.2) is 5.78 Å². The smallest absolute Gasteiger partial charge is 0.169 e. The van der Waals surface area contributed by atoms with Gasteiger partial charge in [0.1, 0.15) is 11.6 Å². The molecule has 162 valence electrons. The number of morpholine rings is 1. The van der Waals surface area contributed by atoms with E-state index in [2.05, 4.69) is 19.7 Å². The van der Waals surface area contributed by atoms with E-state index in [1.165, 1.54) is 6.07 Å². The van der Waals surface area contributed by atoms with E-state index in [4.69, 9.17) is 16.0 Å². The zero-order valence-electron chi connectivity index (χ0n) is 25.3. The first-order chi connectivity index (χ1) is 18.5. The largest absolute Gasteiger partial charge is 0.378 e. The van der Waals surface area contributed by atoms with Gasteiger partial charge in [-0.05, 0) is 37.3 Å². The molecule has 32 heavy (non-hydrogen) atoms. The number of nitrogens with zero attached hydrogens (tertiary/aromatic N) is 6. The number of Topliss-reactive ketones (excluding diaryl/α,β-unsaturated/α-hetero) is 1. The zero-order valence-corrected chi connectivity index (χ0v) is 17.3. The highest BCUT2D eigenvalue weighted by Gasteiger charge is 2.16. The third-order valence-corrected chi connectivity index (χ3v) is 5.17. The molecule has 0 atom stereocenters. The second-order valence-corrected chi connectivity index (χ2v) is 7.18. The maximum atomic E-state index is 13.2. The number of rotatable bonds is 5. The van der Waals surface area contributed by atoms with Crippen LogP contribution in [0.1, 0.15) is 32.8 Å². The Bertz CT molecular complexity index is 1610. The number of aryl methyl sites for hydroxylation is 1. The van der Waals surface area contributed by atoms with Crippen LogP contribution in [0.5, 0.6) is 0 Å². The monoisotopic (exact) mass is 436 g/mol. The summed E-state index contributed by atoms with van der Waals surface area (Å²) in [6.07, 6.45) is 4.31. The summed E-state index contributed by atoms with van der Waals surface area (Å²) in [5.41, 5.74) is 2.58. The fraction of sp³-hybridized carbons (Fsp3) is 0.292. The van der Waals surface area contributed by atoms with Crippen LogP contribution in [0, 0.1) is 6.92 Å². The predicted molar refractivity (Wildman–Crippen MR) is 122 cm³/mol. The number of pyridine rings is 3. The second kappa shape index (κ2) is 8.47. The van der Waals surface area contributed by atoms with Gasteiger partial charge in [-0.3, -0.25) is 9.78 Å². The normalized spacial score (nSPS) is 24.1. The first-order valence-electron chi connectivity index (χ1n) is 13.8. The SMILES string of the molecule is [2H]C1([2H])OC([2H])([2H])C([2H])([2H])N(c2cc(C(=O)Cc3cc4nc(-c5cnc(C)n5C)ccc4cn3)ccn2)C1([2H])[2H]. The van der Waals surface area contributed by atoms with E-state index >= 15 is 0 Å². The molecule has 8 heteroatoms. The van der Waals surface area contributed by atoms with Gasteiger partial charge in [0, 0.05) is 43.4 Å². The molecule has 1 aliphatic heterocycles. The molecule has 1 aliphatic rings. The minimum absolute atomic E-state index is 0.0261. The Balaban J connectivity index is 1.46. The Morgan fingerprint density at radius 3 is 2.75 bits per heavy atom. The van der Waals surface area contributed by atoms with Crippen molar-refractivity contribution in [1.29, 1.82) is 0 Å². The number of anilines is 1. The molecule has 5 heterocycles. The van der Waals surface area contributed by atoms with E-state index in [1.807, 2.05) is 30.7 Å². The molecule has 1 saturated heterocycles. The van der Waals surface area contributed by atoms with Crippen molar-refractivity contribution < 1.29 is 20.5 Å². The van der Waals surface area contributed by atoms with Crippen molar-refractivity contribution in [2.75, 3.05) is 31.0 Å². The molecular formula is C24H24N6O2. The number of carbonyl (C=O) groups excluding carboxylic acids is 1. The molecule has 0 amide bonds. The quantitative estimate of drug-likeness (QED) is 0.445. The summed E-state index contributed by atoms with van der Waals surface area (Å²) in [7, 11) is 1.89. The van der Waals surface area contributed by atoms with Crippen LogP contribution in [0.3, 0.4) is 0 Å². The number of ketones is 1. The molecule has 1 fully saturated rings. The van der Waals surface area contributed by atoms with Gasteiger partial charge in [0.2, 0.25) is 0 Å². The van der Waals surface area contributed by atoms with Crippen LogP contribution >= 0.6 is 0 Å². The number of fused-ring (bicyclic) bond motifs is 1. The van der Waals surface area contributed by atoms with E-state index in [9.17, 15) is 4.79 Å². The number of carbonyl (C=O) groups is 1. The van der Waals surface area contributed by atoms with Crippen molar-refractivity contribution >= 4 is 22.5 Å². The Labute approximate surface area is 197 Å². The first kappa shape index (κ1) is 13.0. The van der Waals surface area contributed by atoms with Gasteiger partial charge in [-0.15, -0.1) is 0 Å². The van der Waals surface area contributed by atoms with Gasteiger partial charge in [-0.25, -0.2) is 15.0 Å². The molecular weight excluding hydrogens is 404 g/mol. The summed E-state index contributed by atoms with van der Waals surface area (Å²) in [5.74, 6) is -0.0874. The Morgan fingerprint density at radius 2 is 1.97 bits per heavy atom. The maximum Gasteiger partial charge on any atom is 0.169 e. The molecule has 5 rings (SSSR count). The van der Waals surface area contributed by atoms with Gasteiger partial charge in [-0.2, -0.15) is 0 Å². The van der Waals surface area contributed by atoms with E-state index in [1.54, 1.807) is 18.5 Å². The molecule has 4 aromatic heterocycles. The number of imidazole rings is 1. The summed E-state index contributed by atoms with van der Waals surface area (Å²) in [4.78, 5) is 30.7. The Hall–Kier alpha value is -3.65. The summed E-state index contributed by atoms with van der Waals surface area (Å²) in [6.45, 7) is -10.9. The highest BCUT2D eigenvalue weighted by Crippen LogP contribution is 2.22. The molecule has 0 unspecified atom stereocenters. The topological polar surface area (TPSA) is 86.0 Å². The van der Waals surface area contributed by atoms with E-state index in [0.29, 0.717) is 16.9 Å². The lowest BCUT2D eigenvalue weighted by molar-refractivity contribution is 0.0992. The predicted octanol–water partition coefficient (Wildman–Crippen LogP) is 3.00. The highest BCUT2D eigenvalue weighted by molar-refractivity contribution is 5.98. The molecule has 0 saturated carbocycles. The van der Waals surface area contributed by atoms with Gasteiger partial charge >= 0.3 is 0 Å². The molecule has 4 aromatic rings. The van der Waals surface area contributed by atoms with Crippen LogP contribution in [0.2, 0.25) is 0 Å². The van der Waals surface area contributed by atoms with E-state index in [-0.39, 0.29) is 16.9 Å². The van der Waals surface area contributed by atoms with E-state index in [0.717, 1.165) is 29.2 Å². The fourth-order valence-corrected chi connectivity index (χ4v) is 3.32. The van der Waals surface area contributed by atoms with Crippen LogP contribution in [-0.4, -0.2) is 56.4 Å². The van der Waals surface area contributed by atoms with Gasteiger partial charge in [0.05, 0.1) is 59.3 Å². The average molecular weight is 437 g/mol. The minimum atomic E-state index is -3.24. The van der Waals surface area contributed by atoms with E-state index < -0.39 is 37.7 Å². The summed E-state index contributed by atoms with van der Waals surface area (Å²) < 4.78 is 70.9. The molecule has 0 N–H and O–H groups in total. The number of aromatic nitrogens is 5. The molecule has 0 aromatic carbocycles. The lowest BCUT2D eigenvalue weighted by Crippen LogP contribution is -2.36. The maximum absolute atomic E-state index is 13.2. The van der Waals surface area contributed by atoms with Crippen molar-refractivity contribution in [3.63, 3.8) is 0 Å². The van der Waals surface area contributed by atoms with Gasteiger partial charge in [0.25, 0.3) is 0 Å². The number of ether oxygens (including phenoxy) is 1. The molecule has 0 bridgehead atoms. The standard InChI is InChI=1S/C24H24N6O2/c1-16-26-15-22(29(16)2)20-4-3-18-14-27-19(12-21(18)28-20)13-23(31)17-5-6-25-24(11-17)30-7-9-32-10-8-30/h3-6,11-12,14-15H,7-10,13H2,1-2H3/i7D2,8D2,9D2,10D2. The molecule has 0 radical (unpaired) electrons. The minimum Gasteiger partial charge on any atom is -0.378 e. The highest BCUT2D eigenvalue weighted by atomic mass is 16.5. The van der Waals surface area contributed by atoms with Crippen LogP contribution in [0.4, 0.5) is 5.82 Å². The molecule has 0 spiro atoms. The summed E-state index contributed by atoms with van der Waals surface area (Å²) in [6, 6.07) is 7.86. The van der Waals surface area contributed by atoms with Crippen molar-refractivity contribution in [3.05, 3.63) is 66.0 Å². The van der Waals surface area contributed by atoms with Crippen molar-refractivity contribution in [1.82, 2.24) is 24.5 Å². The lowest BCUT2D eigenvalue weighted by atomic mass is 10.1. The fourth-order valence-electron chi connectivity index (χ4n) is 3.32. The third kappa shape index (κ3) is 3.97. The van der Waals surface area contributed by atoms with Crippen LogP contribution in [0.15, 0.2) is 48.9 Å². The lowest BCUT2D eigenvalue weighted by Gasteiger charge is -2.27. The number of hydrogen-bond acceptors (Lipinski definition) is 7. The van der Waals surface area contributed by atoms with Gasteiger partial charge in [-0.1, -0.05) is 0 Å². The Kier molecular flexibility index (Phi) is 3.45. The van der Waals surface area contributed by atoms with Gasteiger partial charge < -0.3 is 14.2 Å². The second-order valence-electron chi connectivity index (χ2n) is 7.18. The van der Waals surface area contributed by atoms with Crippen LogP contribution in [0.25, 0.3) is 22.3 Å². The summed E-state index contributed by atoms with van der Waals surface area (Å²) in [5, 5.41) is 0.769. The van der Waals surface area contributed by atoms with Crippen molar-refractivity contribution in [2.24, 2.45) is 7.05 Å². The molecule has 8 nitrogen and oxygen atoms in total. The first-order valence-corrected chi connectivity index (χ1v) is 9.79.